The number of nitrogens with one attached hydrogen (secondary N) is 2. The predicted molar refractivity (Wildman–Crippen MR) is 101 cm³/mol. The average molecular weight is 372 g/mol. The molecule has 2 aliphatic rings. The van der Waals surface area contributed by atoms with Gasteiger partial charge in [0.1, 0.15) is 5.76 Å². The third kappa shape index (κ3) is 2.67. The van der Waals surface area contributed by atoms with E-state index in [1.165, 1.54) is 4.68 Å². The lowest BCUT2D eigenvalue weighted by atomic mass is 9.74. The molecule has 27 heavy (non-hydrogen) atoms. The van der Waals surface area contributed by atoms with Crippen molar-refractivity contribution in [2.75, 3.05) is 0 Å². The molecule has 1 amide bonds. The van der Waals surface area contributed by atoms with Crippen molar-refractivity contribution in [3.05, 3.63) is 38.5 Å². The van der Waals surface area contributed by atoms with Crippen LogP contribution in [0.1, 0.15) is 52.8 Å². The molecule has 8 nitrogen and oxygen atoms in total. The van der Waals surface area contributed by atoms with Crippen LogP contribution in [0.4, 0.5) is 0 Å². The molecule has 0 unspecified atom stereocenters. The Bertz CT molecular complexity index is 1030. The van der Waals surface area contributed by atoms with Gasteiger partial charge in [-0.15, -0.1) is 0 Å². The molecular formula is C19H24N4O4. The Balaban J connectivity index is 2.26. The van der Waals surface area contributed by atoms with E-state index in [-0.39, 0.29) is 28.0 Å². The monoisotopic (exact) mass is 372 g/mol. The fourth-order valence-electron chi connectivity index (χ4n) is 3.29. The molecule has 144 valence electrons. The minimum Gasteiger partial charge on any atom is -0.506 e. The fraction of sp³-hybridized carbons (Fsp3) is 0.474. The number of allylic oxidation sites excluding steroid dienone is 2. The second-order valence-corrected chi connectivity index (χ2v) is 8.93. The Morgan fingerprint density at radius 2 is 1.52 bits per heavy atom. The number of carbonyl (C=O) groups excluding carboxylic acids is 2. The molecule has 0 radical (unpaired) electrons. The highest BCUT2D eigenvalue weighted by Crippen LogP contribution is 2.42. The molecule has 1 aromatic heterocycles. The number of H-pyrrole nitrogens is 1. The topological polar surface area (TPSA) is 117 Å². The quantitative estimate of drug-likeness (QED) is 0.650. The summed E-state index contributed by atoms with van der Waals surface area (Å²) in [5.74, 6) is -1.41. The molecule has 0 bridgehead atoms. The fourth-order valence-corrected chi connectivity index (χ4v) is 3.29. The van der Waals surface area contributed by atoms with Crippen molar-refractivity contribution in [2.24, 2.45) is 17.6 Å². The first-order valence-corrected chi connectivity index (χ1v) is 8.68. The molecule has 0 saturated heterocycles. The van der Waals surface area contributed by atoms with Crippen LogP contribution in [-0.2, 0) is 22.1 Å². The highest BCUT2D eigenvalue weighted by molar-refractivity contribution is 6.44. The summed E-state index contributed by atoms with van der Waals surface area (Å²) >= 11 is 0. The summed E-state index contributed by atoms with van der Waals surface area (Å²) in [4.78, 5) is 37.8. The molecular weight excluding hydrogens is 348 g/mol. The van der Waals surface area contributed by atoms with Crippen molar-refractivity contribution >= 4 is 23.0 Å². The molecule has 8 heteroatoms. The number of nitrogens with zero attached hydrogens (tertiary/aromatic N) is 2. The summed E-state index contributed by atoms with van der Waals surface area (Å²) in [5.41, 5.74) is 2.02. The summed E-state index contributed by atoms with van der Waals surface area (Å²) in [5, 5.41) is 17.7. The third-order valence-corrected chi connectivity index (χ3v) is 4.67. The Kier molecular flexibility index (Phi) is 3.88. The van der Waals surface area contributed by atoms with Gasteiger partial charge < -0.3 is 5.11 Å². The maximum Gasteiger partial charge on any atom is 0.274 e. The van der Waals surface area contributed by atoms with Crippen LogP contribution in [0.2, 0.25) is 0 Å². The Morgan fingerprint density at radius 3 is 2.00 bits per heavy atom. The van der Waals surface area contributed by atoms with Crippen molar-refractivity contribution in [3.63, 3.8) is 0 Å². The number of hydrazone groups is 1. The minimum absolute atomic E-state index is 0.0581. The van der Waals surface area contributed by atoms with E-state index in [0.717, 1.165) is 0 Å². The lowest BCUT2D eigenvalue weighted by Gasteiger charge is -2.27. The third-order valence-electron chi connectivity index (χ3n) is 4.67. The normalized spacial score (nSPS) is 20.8. The molecule has 0 saturated carbocycles. The molecule has 0 atom stereocenters. The van der Waals surface area contributed by atoms with Crippen LogP contribution in [-0.4, -0.2) is 32.3 Å². The number of aliphatic hydroxyl groups is 1. The van der Waals surface area contributed by atoms with Crippen LogP contribution in [0.25, 0.3) is 5.57 Å². The number of amides is 1. The number of aromatic amines is 1. The average Bonchev–Trinajstić information content (AvgIpc) is 3.03. The van der Waals surface area contributed by atoms with E-state index >= 15 is 0 Å². The summed E-state index contributed by atoms with van der Waals surface area (Å²) < 4.78 is 1.28. The smallest absolute Gasteiger partial charge is 0.274 e. The highest BCUT2D eigenvalue weighted by atomic mass is 16.3. The summed E-state index contributed by atoms with van der Waals surface area (Å²) in [6.07, 6.45) is 0. The van der Waals surface area contributed by atoms with Gasteiger partial charge in [0, 0.05) is 17.9 Å². The van der Waals surface area contributed by atoms with E-state index < -0.39 is 28.1 Å². The summed E-state index contributed by atoms with van der Waals surface area (Å²) in [6.45, 7) is 11.3. The van der Waals surface area contributed by atoms with Crippen LogP contribution in [0.15, 0.2) is 26.8 Å². The standard InChI is InChI=1S/C19H24N4O4/c1-18(2,3)14-10(16(26)21-20-14)8-12(24)9(13(8)25)11-15(19(4,5)6)22-23(7)17(11)27/h22,24H,1-7H3,(H,21,26)/b10-8+. The van der Waals surface area contributed by atoms with Gasteiger partial charge in [-0.25, -0.2) is 5.43 Å². The summed E-state index contributed by atoms with van der Waals surface area (Å²) in [6, 6.07) is 0. The first-order valence-electron chi connectivity index (χ1n) is 8.68. The zero-order valence-corrected chi connectivity index (χ0v) is 16.6. The molecule has 3 rings (SSSR count). The zero-order valence-electron chi connectivity index (χ0n) is 16.6. The number of hydrogen-bond acceptors (Lipinski definition) is 5. The van der Waals surface area contributed by atoms with Gasteiger partial charge in [-0.3, -0.25) is 24.2 Å². The van der Waals surface area contributed by atoms with Crippen LogP contribution in [0, 0.1) is 5.41 Å². The molecule has 1 aliphatic heterocycles. The molecule has 0 aromatic carbocycles. The van der Waals surface area contributed by atoms with Gasteiger partial charge in [-0.2, -0.15) is 5.10 Å². The Morgan fingerprint density at radius 1 is 0.926 bits per heavy atom. The highest BCUT2D eigenvalue weighted by Gasteiger charge is 2.46. The largest absolute Gasteiger partial charge is 0.506 e. The first-order chi connectivity index (χ1) is 12.3. The lowest BCUT2D eigenvalue weighted by molar-refractivity contribution is -0.117. The van der Waals surface area contributed by atoms with Crippen molar-refractivity contribution in [3.8, 4) is 0 Å². The van der Waals surface area contributed by atoms with Crippen molar-refractivity contribution in [1.29, 1.82) is 0 Å². The van der Waals surface area contributed by atoms with Crippen LogP contribution < -0.4 is 11.0 Å². The second-order valence-electron chi connectivity index (χ2n) is 8.93. The van der Waals surface area contributed by atoms with Gasteiger partial charge in [0.25, 0.3) is 11.5 Å². The van der Waals surface area contributed by atoms with Crippen LogP contribution in [0.3, 0.4) is 0 Å². The number of hydrogen-bond donors (Lipinski definition) is 3. The minimum atomic E-state index is -0.535. The summed E-state index contributed by atoms with van der Waals surface area (Å²) in [7, 11) is 1.55. The Labute approximate surface area is 156 Å². The number of aryl methyl sites for hydroxylation is 1. The number of carbonyl (C=O) groups is 2. The first kappa shape index (κ1) is 18.9. The van der Waals surface area contributed by atoms with Gasteiger partial charge in [0.2, 0.25) is 5.78 Å². The van der Waals surface area contributed by atoms with Gasteiger partial charge >= 0.3 is 0 Å². The number of rotatable bonds is 1. The lowest BCUT2D eigenvalue weighted by Crippen LogP contribution is -2.33. The Hall–Kier alpha value is -2.90. The predicted octanol–water partition coefficient (Wildman–Crippen LogP) is 1.69. The molecule has 2 heterocycles. The molecule has 3 N–H and O–H groups in total. The number of aromatic nitrogens is 2. The molecule has 0 fully saturated rings. The van der Waals surface area contributed by atoms with Crippen molar-refractivity contribution < 1.29 is 14.7 Å². The van der Waals surface area contributed by atoms with Gasteiger partial charge in [-0.1, -0.05) is 41.5 Å². The van der Waals surface area contributed by atoms with Gasteiger partial charge in [-0.05, 0) is 0 Å². The number of Topliss-reactive ketones (excluding diaryl/α,β-unsaturated/α-hetero) is 1. The maximum absolute atomic E-state index is 12.9. The van der Waals surface area contributed by atoms with Gasteiger partial charge in [0.05, 0.1) is 33.7 Å². The SMILES string of the molecule is Cn1[nH]c(C(C)(C)C)c(C2=C(O)/C(=C3\C(=O)NN=C3C(C)(C)C)C2=O)c1=O. The van der Waals surface area contributed by atoms with E-state index in [1.54, 1.807) is 7.05 Å². The van der Waals surface area contributed by atoms with Crippen molar-refractivity contribution in [2.45, 2.75) is 47.0 Å². The van der Waals surface area contributed by atoms with Crippen molar-refractivity contribution in [1.82, 2.24) is 15.2 Å². The zero-order chi connectivity index (χ0) is 20.5. The molecule has 1 aromatic rings. The van der Waals surface area contributed by atoms with Gasteiger partial charge in [0.15, 0.2) is 0 Å². The number of aliphatic hydroxyl groups excluding tert-OH is 1. The second kappa shape index (κ2) is 5.55. The number of ketones is 1. The van der Waals surface area contributed by atoms with E-state index in [9.17, 15) is 19.5 Å². The van der Waals surface area contributed by atoms with Crippen LogP contribution in [0.5, 0.6) is 0 Å². The molecule has 0 spiro atoms. The van der Waals surface area contributed by atoms with E-state index in [4.69, 9.17) is 0 Å². The molecule has 1 aliphatic carbocycles. The van der Waals surface area contributed by atoms with E-state index in [1.807, 2.05) is 41.5 Å². The van der Waals surface area contributed by atoms with E-state index in [0.29, 0.717) is 11.4 Å². The maximum atomic E-state index is 12.9. The van der Waals surface area contributed by atoms with E-state index in [2.05, 4.69) is 15.6 Å². The van der Waals surface area contributed by atoms with Crippen LogP contribution >= 0.6 is 0 Å².